The predicted molar refractivity (Wildman–Crippen MR) is 149 cm³/mol. The van der Waals surface area contributed by atoms with Crippen LogP contribution in [0.3, 0.4) is 0 Å². The highest BCUT2D eigenvalue weighted by Gasteiger charge is 2.22. The molecule has 0 saturated carbocycles. The summed E-state index contributed by atoms with van der Waals surface area (Å²) in [5, 5.41) is 2.88. The Kier molecular flexibility index (Phi) is 2.71. The number of hydrogen-bond donors (Lipinski definition) is 0. The van der Waals surface area contributed by atoms with Gasteiger partial charge in [-0.3, -0.25) is 0 Å². The van der Waals surface area contributed by atoms with E-state index < -0.39 is 24.2 Å². The Hall–Kier alpha value is -4.82. The van der Waals surface area contributed by atoms with Crippen molar-refractivity contribution >= 4 is 54.5 Å². The summed E-state index contributed by atoms with van der Waals surface area (Å²) < 4.78 is 83.4. The molecule has 2 heteroatoms. The van der Waals surface area contributed by atoms with E-state index in [1.165, 1.54) is 0 Å². The van der Waals surface area contributed by atoms with Gasteiger partial charge in [0.15, 0.2) is 0 Å². The van der Waals surface area contributed by atoms with Crippen LogP contribution < -0.4 is 0 Å². The molecule has 0 unspecified atom stereocenters. The Morgan fingerprint density at radius 3 is 1.89 bits per heavy atom. The van der Waals surface area contributed by atoms with Crippen molar-refractivity contribution < 1.29 is 19.8 Å². The van der Waals surface area contributed by atoms with Crippen LogP contribution >= 0.6 is 0 Å². The molecule has 8 rings (SSSR count). The van der Waals surface area contributed by atoms with Gasteiger partial charge < -0.3 is 8.83 Å². The Morgan fingerprint density at radius 2 is 1.17 bits per heavy atom. The van der Waals surface area contributed by atoms with Crippen molar-refractivity contribution in [3.8, 4) is 22.3 Å². The maximum absolute atomic E-state index is 9.18. The lowest BCUT2D eigenvalue weighted by Crippen LogP contribution is -1.91. The molecule has 0 radical (unpaired) electrons. The van der Waals surface area contributed by atoms with Gasteiger partial charge in [0.1, 0.15) is 16.7 Å². The zero-order valence-corrected chi connectivity index (χ0v) is 18.7. The standard InChI is InChI=1S/C34H20O2/c1-2-10-21(11-3-1)31-22-12-4-6-14-24(22)32(25-15-7-5-13-23(25)31)28-20-30-27(18-19-35-30)33-26-16-8-9-17-29(26)36-34(28)33/h1-20H/i4D,5D,6D,7D,12D,13D,14D,15D. The first-order valence-electron chi connectivity index (χ1n) is 15.5. The van der Waals surface area contributed by atoms with E-state index in [1.54, 1.807) is 36.6 Å². The quantitative estimate of drug-likeness (QED) is 0.236. The Bertz CT molecular complexity index is 2450. The summed E-state index contributed by atoms with van der Waals surface area (Å²) in [6.45, 7) is 0. The molecule has 0 saturated heterocycles. The van der Waals surface area contributed by atoms with Crippen molar-refractivity contribution in [2.24, 2.45) is 0 Å². The van der Waals surface area contributed by atoms with E-state index in [4.69, 9.17) is 17.1 Å². The summed E-state index contributed by atoms with van der Waals surface area (Å²) in [5.41, 5.74) is 2.97. The fourth-order valence-corrected chi connectivity index (χ4v) is 5.31. The molecular weight excluding hydrogens is 440 g/mol. The molecule has 0 aliphatic carbocycles. The predicted octanol–water partition coefficient (Wildman–Crippen LogP) is 9.97. The summed E-state index contributed by atoms with van der Waals surface area (Å²) in [7, 11) is 0. The fraction of sp³-hybridized carbons (Fsp3) is 0. The van der Waals surface area contributed by atoms with Gasteiger partial charge in [0.05, 0.1) is 17.2 Å². The maximum atomic E-state index is 9.18. The van der Waals surface area contributed by atoms with Crippen LogP contribution in [0.25, 0.3) is 76.7 Å². The summed E-state index contributed by atoms with van der Waals surface area (Å²) in [6.07, 6.45) is 1.56. The minimum atomic E-state index is -0.456. The SMILES string of the molecule is [2H]c1c([2H])c([2H])c2c(-c3cc4occc4c4c3oc3ccccc34)c3c([2H])c([2H])c([2H])c([2H])c3c(-c3ccccc3)c2c1[2H]. The zero-order valence-electron chi connectivity index (χ0n) is 26.7. The van der Waals surface area contributed by atoms with Crippen LogP contribution in [-0.4, -0.2) is 0 Å². The first-order chi connectivity index (χ1) is 21.2. The van der Waals surface area contributed by atoms with Crippen LogP contribution in [-0.2, 0) is 0 Å². The van der Waals surface area contributed by atoms with Crippen LogP contribution in [0.4, 0.5) is 0 Å². The van der Waals surface area contributed by atoms with Crippen LogP contribution in [0.5, 0.6) is 0 Å². The number of hydrogen-bond acceptors (Lipinski definition) is 2. The highest BCUT2D eigenvalue weighted by atomic mass is 16.3. The molecule has 2 nitrogen and oxygen atoms in total. The highest BCUT2D eigenvalue weighted by molar-refractivity contribution is 6.27. The van der Waals surface area contributed by atoms with Gasteiger partial charge in [-0.25, -0.2) is 0 Å². The molecule has 0 bridgehead atoms. The fourth-order valence-electron chi connectivity index (χ4n) is 5.31. The van der Waals surface area contributed by atoms with E-state index in [0.29, 0.717) is 33.4 Å². The van der Waals surface area contributed by atoms with Crippen LogP contribution in [0.2, 0.25) is 0 Å². The third kappa shape index (κ3) is 2.61. The minimum Gasteiger partial charge on any atom is -0.464 e. The largest absolute Gasteiger partial charge is 0.464 e. The van der Waals surface area contributed by atoms with Gasteiger partial charge in [-0.2, -0.15) is 0 Å². The first kappa shape index (κ1) is 13.3. The smallest absolute Gasteiger partial charge is 0.144 e. The molecule has 168 valence electrons. The van der Waals surface area contributed by atoms with Gasteiger partial charge in [0.25, 0.3) is 0 Å². The maximum Gasteiger partial charge on any atom is 0.144 e. The van der Waals surface area contributed by atoms with Crippen molar-refractivity contribution in [2.75, 3.05) is 0 Å². The molecule has 0 spiro atoms. The van der Waals surface area contributed by atoms with Crippen molar-refractivity contribution in [1.29, 1.82) is 0 Å². The number of rotatable bonds is 2. The van der Waals surface area contributed by atoms with Crippen LogP contribution in [0.1, 0.15) is 11.0 Å². The monoisotopic (exact) mass is 468 g/mol. The third-order valence-corrected chi connectivity index (χ3v) is 6.79. The van der Waals surface area contributed by atoms with E-state index in [9.17, 15) is 2.74 Å². The molecule has 0 atom stereocenters. The Balaban J connectivity index is 1.76. The molecule has 0 N–H and O–H groups in total. The second-order valence-corrected chi connectivity index (χ2v) is 8.67. The lowest BCUT2D eigenvalue weighted by molar-refractivity contribution is 0.615. The van der Waals surface area contributed by atoms with Gasteiger partial charge in [-0.05, 0) is 50.9 Å². The van der Waals surface area contributed by atoms with E-state index >= 15 is 0 Å². The molecule has 0 aliphatic rings. The van der Waals surface area contributed by atoms with Crippen LogP contribution in [0, 0.1) is 0 Å². The van der Waals surface area contributed by atoms with E-state index in [0.717, 1.165) is 16.2 Å². The van der Waals surface area contributed by atoms with Gasteiger partial charge in [0, 0.05) is 27.3 Å². The number of benzene rings is 6. The molecule has 0 amide bonds. The summed E-state index contributed by atoms with van der Waals surface area (Å²) in [5.74, 6) is 0. The average Bonchev–Trinajstić information content (AvgIpc) is 3.67. The van der Waals surface area contributed by atoms with E-state index in [1.807, 2.05) is 36.4 Å². The summed E-state index contributed by atoms with van der Waals surface area (Å²) >= 11 is 0. The first-order valence-corrected chi connectivity index (χ1v) is 11.5. The normalized spacial score (nSPS) is 15.0. The minimum absolute atomic E-state index is 0.125. The summed E-state index contributed by atoms with van der Waals surface area (Å²) in [4.78, 5) is 0. The molecule has 2 heterocycles. The third-order valence-electron chi connectivity index (χ3n) is 6.79. The summed E-state index contributed by atoms with van der Waals surface area (Å²) in [6, 6.07) is 16.9. The van der Waals surface area contributed by atoms with Crippen molar-refractivity contribution in [2.45, 2.75) is 0 Å². The lowest BCUT2D eigenvalue weighted by atomic mass is 9.85. The van der Waals surface area contributed by atoms with E-state index in [-0.39, 0.29) is 51.3 Å². The molecular formula is C34H20O2. The van der Waals surface area contributed by atoms with Crippen LogP contribution in [0.15, 0.2) is 130 Å². The van der Waals surface area contributed by atoms with E-state index in [2.05, 4.69) is 0 Å². The van der Waals surface area contributed by atoms with Gasteiger partial charge in [0.2, 0.25) is 0 Å². The van der Waals surface area contributed by atoms with Crippen molar-refractivity contribution in [3.63, 3.8) is 0 Å². The van der Waals surface area contributed by atoms with Crippen molar-refractivity contribution in [1.82, 2.24) is 0 Å². The molecule has 0 aliphatic heterocycles. The van der Waals surface area contributed by atoms with Gasteiger partial charge in [-0.1, -0.05) is 96.9 Å². The molecule has 8 aromatic rings. The second kappa shape index (κ2) is 7.34. The Labute approximate surface area is 218 Å². The zero-order chi connectivity index (χ0) is 30.6. The van der Waals surface area contributed by atoms with Gasteiger partial charge in [-0.15, -0.1) is 0 Å². The second-order valence-electron chi connectivity index (χ2n) is 8.67. The molecule has 6 aromatic carbocycles. The molecule has 2 aromatic heterocycles. The number of furan rings is 2. The number of para-hydroxylation sites is 1. The topological polar surface area (TPSA) is 26.3 Å². The lowest BCUT2D eigenvalue weighted by Gasteiger charge is -2.18. The highest BCUT2D eigenvalue weighted by Crippen LogP contribution is 2.48. The van der Waals surface area contributed by atoms with Gasteiger partial charge >= 0.3 is 0 Å². The molecule has 36 heavy (non-hydrogen) atoms. The molecule has 0 fully saturated rings. The number of fused-ring (bicyclic) bond motifs is 7. The van der Waals surface area contributed by atoms with Crippen molar-refractivity contribution in [3.05, 3.63) is 121 Å². The Morgan fingerprint density at radius 1 is 0.556 bits per heavy atom. The average molecular weight is 469 g/mol.